The summed E-state index contributed by atoms with van der Waals surface area (Å²) in [6, 6.07) is 4.44. The highest BCUT2D eigenvalue weighted by Gasteiger charge is 2.16. The number of benzene rings is 1. The van der Waals surface area contributed by atoms with Gasteiger partial charge in [0.15, 0.2) is 5.11 Å². The normalized spacial score (nSPS) is 10.7. The third kappa shape index (κ3) is 6.02. The molecule has 0 saturated heterocycles. The van der Waals surface area contributed by atoms with Gasteiger partial charge in [0.1, 0.15) is 5.75 Å². The van der Waals surface area contributed by atoms with E-state index in [1.807, 2.05) is 0 Å². The van der Waals surface area contributed by atoms with Gasteiger partial charge in [-0.2, -0.15) is 0 Å². The van der Waals surface area contributed by atoms with E-state index in [0.29, 0.717) is 28.4 Å². The molecule has 23 heavy (non-hydrogen) atoms. The minimum absolute atomic E-state index is 0.0143. The van der Waals surface area contributed by atoms with Crippen molar-refractivity contribution in [2.45, 2.75) is 27.7 Å². The molecule has 1 aromatic rings. The molecule has 0 spiro atoms. The lowest BCUT2D eigenvalue weighted by molar-refractivity contribution is -0.384. The van der Waals surface area contributed by atoms with Crippen molar-refractivity contribution >= 4 is 28.7 Å². The van der Waals surface area contributed by atoms with E-state index in [0.717, 1.165) is 13.1 Å². The molecule has 1 aromatic carbocycles. The maximum absolute atomic E-state index is 10.8. The number of methoxy groups -OCH3 is 1. The fourth-order valence-electron chi connectivity index (χ4n) is 2.21. The van der Waals surface area contributed by atoms with Crippen LogP contribution in [0, 0.1) is 22.0 Å². The third-order valence-electron chi connectivity index (χ3n) is 3.10. The van der Waals surface area contributed by atoms with Crippen LogP contribution in [0.3, 0.4) is 0 Å². The van der Waals surface area contributed by atoms with Crippen LogP contribution in [0.15, 0.2) is 18.2 Å². The van der Waals surface area contributed by atoms with Gasteiger partial charge in [0.2, 0.25) is 0 Å². The number of nitro groups is 1. The van der Waals surface area contributed by atoms with Crippen LogP contribution < -0.4 is 10.1 Å². The number of rotatable bonds is 7. The molecule has 0 aliphatic rings. The molecule has 0 amide bonds. The van der Waals surface area contributed by atoms with Gasteiger partial charge in [-0.3, -0.25) is 10.1 Å². The number of anilines is 1. The molecule has 0 aliphatic carbocycles. The predicted molar refractivity (Wildman–Crippen MR) is 97.1 cm³/mol. The average molecular weight is 339 g/mol. The molecule has 0 unspecified atom stereocenters. The van der Waals surface area contributed by atoms with Gasteiger partial charge in [-0.05, 0) is 30.1 Å². The van der Waals surface area contributed by atoms with Crippen molar-refractivity contribution in [3.8, 4) is 5.75 Å². The summed E-state index contributed by atoms with van der Waals surface area (Å²) in [4.78, 5) is 12.5. The first-order chi connectivity index (χ1) is 10.7. The van der Waals surface area contributed by atoms with E-state index in [2.05, 4.69) is 37.9 Å². The number of hydrogen-bond donors (Lipinski definition) is 1. The minimum Gasteiger partial charge on any atom is -0.494 e. The van der Waals surface area contributed by atoms with Crippen molar-refractivity contribution in [3.05, 3.63) is 28.3 Å². The SMILES string of the molecule is COc1cc([N+](=O)[O-])ccc1NC(=S)N(CC(C)C)CC(C)C. The lowest BCUT2D eigenvalue weighted by Gasteiger charge is -2.29. The highest BCUT2D eigenvalue weighted by Crippen LogP contribution is 2.29. The Morgan fingerprint density at radius 3 is 2.30 bits per heavy atom. The molecule has 0 heterocycles. The largest absolute Gasteiger partial charge is 0.494 e. The zero-order valence-corrected chi connectivity index (χ0v) is 15.1. The zero-order valence-electron chi connectivity index (χ0n) is 14.3. The summed E-state index contributed by atoms with van der Waals surface area (Å²) in [6.45, 7) is 10.3. The van der Waals surface area contributed by atoms with Gasteiger partial charge in [-0.25, -0.2) is 0 Å². The van der Waals surface area contributed by atoms with E-state index >= 15 is 0 Å². The van der Waals surface area contributed by atoms with Crippen molar-refractivity contribution in [2.75, 3.05) is 25.5 Å². The topological polar surface area (TPSA) is 67.6 Å². The van der Waals surface area contributed by atoms with Gasteiger partial charge in [0.25, 0.3) is 5.69 Å². The lowest BCUT2D eigenvalue weighted by atomic mass is 10.1. The van der Waals surface area contributed by atoms with Crippen LogP contribution in [-0.4, -0.2) is 35.1 Å². The molecular weight excluding hydrogens is 314 g/mol. The van der Waals surface area contributed by atoms with Gasteiger partial charge in [-0.1, -0.05) is 27.7 Å². The number of non-ortho nitro benzene ring substituents is 1. The number of nitro benzene ring substituents is 1. The zero-order chi connectivity index (χ0) is 17.6. The number of nitrogens with one attached hydrogen (secondary N) is 1. The van der Waals surface area contributed by atoms with Gasteiger partial charge in [0.05, 0.1) is 23.8 Å². The second-order valence-electron chi connectivity index (χ2n) is 6.26. The van der Waals surface area contributed by atoms with Crippen LogP contribution in [0.2, 0.25) is 0 Å². The molecule has 1 rings (SSSR count). The van der Waals surface area contributed by atoms with E-state index in [-0.39, 0.29) is 5.69 Å². The summed E-state index contributed by atoms with van der Waals surface area (Å²) in [7, 11) is 1.48. The van der Waals surface area contributed by atoms with Gasteiger partial charge in [-0.15, -0.1) is 0 Å². The number of hydrogen-bond acceptors (Lipinski definition) is 4. The van der Waals surface area contributed by atoms with E-state index < -0.39 is 4.92 Å². The monoisotopic (exact) mass is 339 g/mol. The van der Waals surface area contributed by atoms with Crippen LogP contribution in [0.5, 0.6) is 5.75 Å². The predicted octanol–water partition coefficient (Wildman–Crippen LogP) is 3.91. The quantitative estimate of drug-likeness (QED) is 0.461. The standard InChI is InChI=1S/C16H25N3O3S/c1-11(2)9-18(10-12(3)4)16(23)17-14-7-6-13(19(20)21)8-15(14)22-5/h6-8,11-12H,9-10H2,1-5H3,(H,17,23). The fraction of sp³-hybridized carbons (Fsp3) is 0.562. The van der Waals surface area contributed by atoms with Crippen LogP contribution in [-0.2, 0) is 0 Å². The van der Waals surface area contributed by atoms with Crippen molar-refractivity contribution in [1.82, 2.24) is 4.90 Å². The third-order valence-corrected chi connectivity index (χ3v) is 3.46. The van der Waals surface area contributed by atoms with Gasteiger partial charge in [0, 0.05) is 19.2 Å². The van der Waals surface area contributed by atoms with Crippen molar-refractivity contribution in [1.29, 1.82) is 0 Å². The molecule has 0 fully saturated rings. The Labute approximate surface area is 143 Å². The Hall–Kier alpha value is -1.89. The second kappa shape index (κ2) is 8.67. The summed E-state index contributed by atoms with van der Waals surface area (Å²) in [6.07, 6.45) is 0. The van der Waals surface area contributed by atoms with Crippen LogP contribution >= 0.6 is 12.2 Å². The van der Waals surface area contributed by atoms with Crippen LogP contribution in [0.25, 0.3) is 0 Å². The summed E-state index contributed by atoms with van der Waals surface area (Å²) in [5.74, 6) is 1.36. The molecule has 128 valence electrons. The first-order valence-corrected chi connectivity index (χ1v) is 8.03. The molecule has 0 bridgehead atoms. The number of ether oxygens (including phenoxy) is 1. The summed E-state index contributed by atoms with van der Waals surface area (Å²) >= 11 is 5.51. The Morgan fingerprint density at radius 1 is 1.30 bits per heavy atom. The first-order valence-electron chi connectivity index (χ1n) is 7.63. The summed E-state index contributed by atoms with van der Waals surface area (Å²) in [5.41, 5.74) is 0.611. The molecule has 6 nitrogen and oxygen atoms in total. The maximum Gasteiger partial charge on any atom is 0.273 e. The Bertz CT molecular complexity index is 552. The molecule has 0 aromatic heterocycles. The lowest BCUT2D eigenvalue weighted by Crippen LogP contribution is -2.39. The van der Waals surface area contributed by atoms with Crippen molar-refractivity contribution < 1.29 is 9.66 Å². The fourth-order valence-corrected chi connectivity index (χ4v) is 2.47. The number of thiocarbonyl (C=S) groups is 1. The molecular formula is C16H25N3O3S. The second-order valence-corrected chi connectivity index (χ2v) is 6.65. The molecule has 1 N–H and O–H groups in total. The van der Waals surface area contributed by atoms with E-state index in [1.54, 1.807) is 6.07 Å². The molecule has 7 heteroatoms. The Kier molecular flexibility index (Phi) is 7.22. The van der Waals surface area contributed by atoms with Crippen molar-refractivity contribution in [2.24, 2.45) is 11.8 Å². The highest BCUT2D eigenvalue weighted by atomic mass is 32.1. The van der Waals surface area contributed by atoms with E-state index in [4.69, 9.17) is 17.0 Å². The smallest absolute Gasteiger partial charge is 0.273 e. The minimum atomic E-state index is -0.450. The van der Waals surface area contributed by atoms with Crippen molar-refractivity contribution in [3.63, 3.8) is 0 Å². The Balaban J connectivity index is 2.94. The summed E-state index contributed by atoms with van der Waals surface area (Å²) < 4.78 is 5.23. The first kappa shape index (κ1) is 19.2. The van der Waals surface area contributed by atoms with Crippen LogP contribution in [0.1, 0.15) is 27.7 Å². The van der Waals surface area contributed by atoms with Gasteiger partial charge < -0.3 is 15.0 Å². The maximum atomic E-state index is 10.8. The average Bonchev–Trinajstić information content (AvgIpc) is 2.45. The van der Waals surface area contributed by atoms with Crippen LogP contribution in [0.4, 0.5) is 11.4 Å². The molecule has 0 radical (unpaired) electrons. The molecule has 0 saturated carbocycles. The van der Waals surface area contributed by atoms with E-state index in [1.165, 1.54) is 19.2 Å². The Morgan fingerprint density at radius 2 is 1.87 bits per heavy atom. The number of nitrogens with zero attached hydrogens (tertiary/aromatic N) is 2. The van der Waals surface area contributed by atoms with Gasteiger partial charge >= 0.3 is 0 Å². The van der Waals surface area contributed by atoms with E-state index in [9.17, 15) is 10.1 Å². The summed E-state index contributed by atoms with van der Waals surface area (Å²) in [5, 5.41) is 14.6. The highest BCUT2D eigenvalue weighted by molar-refractivity contribution is 7.80. The molecule has 0 atom stereocenters. The molecule has 0 aliphatic heterocycles.